The van der Waals surface area contributed by atoms with Gasteiger partial charge in [0.1, 0.15) is 0 Å². The summed E-state index contributed by atoms with van der Waals surface area (Å²) in [6.45, 7) is 4.80. The van der Waals surface area contributed by atoms with Crippen LogP contribution in [-0.4, -0.2) is 68.6 Å². The molecule has 0 bridgehead atoms. The monoisotopic (exact) mass is 289 g/mol. The molecule has 1 N–H and O–H groups in total. The van der Waals surface area contributed by atoms with Gasteiger partial charge in [-0.1, -0.05) is 6.92 Å². The van der Waals surface area contributed by atoms with Crippen LogP contribution < -0.4 is 5.32 Å². The van der Waals surface area contributed by atoms with Gasteiger partial charge >= 0.3 is 0 Å². The normalized spacial score (nSPS) is 30.3. The molecule has 2 atom stereocenters. The summed E-state index contributed by atoms with van der Waals surface area (Å²) < 4.78 is 24.3. The number of sulfonamides is 1. The number of hydrogen-bond donors (Lipinski definition) is 1. The average Bonchev–Trinajstić information content (AvgIpc) is 2.38. The molecule has 7 heteroatoms. The minimum absolute atomic E-state index is 0.0986. The zero-order valence-corrected chi connectivity index (χ0v) is 12.4. The minimum Gasteiger partial charge on any atom is -0.339 e. The third-order valence-corrected chi connectivity index (χ3v) is 5.36. The van der Waals surface area contributed by atoms with Gasteiger partial charge in [-0.15, -0.1) is 0 Å². The Kier molecular flexibility index (Phi) is 4.47. The molecule has 2 aliphatic heterocycles. The molecule has 0 aromatic carbocycles. The van der Waals surface area contributed by atoms with Gasteiger partial charge in [0.25, 0.3) is 0 Å². The quantitative estimate of drug-likeness (QED) is 0.742. The maximum absolute atomic E-state index is 12.4. The Hall–Kier alpha value is -0.660. The first kappa shape index (κ1) is 14.7. The second-order valence-corrected chi connectivity index (χ2v) is 7.52. The molecule has 2 saturated heterocycles. The van der Waals surface area contributed by atoms with Gasteiger partial charge in [0, 0.05) is 26.2 Å². The number of carbonyl (C=O) groups is 1. The zero-order chi connectivity index (χ0) is 14.0. The molecule has 1 amide bonds. The lowest BCUT2D eigenvalue weighted by Gasteiger charge is -2.38. The van der Waals surface area contributed by atoms with Crippen molar-refractivity contribution < 1.29 is 13.2 Å². The Labute approximate surface area is 115 Å². The van der Waals surface area contributed by atoms with Crippen molar-refractivity contribution in [3.63, 3.8) is 0 Å². The predicted octanol–water partition coefficient (Wildman–Crippen LogP) is -0.522. The number of piperazine rings is 1. The number of rotatable bonds is 2. The fourth-order valence-corrected chi connectivity index (χ4v) is 3.64. The molecule has 0 spiro atoms. The number of piperidine rings is 1. The third-order valence-electron chi connectivity index (χ3n) is 4.05. The van der Waals surface area contributed by atoms with E-state index in [2.05, 4.69) is 12.2 Å². The van der Waals surface area contributed by atoms with Crippen molar-refractivity contribution >= 4 is 15.9 Å². The van der Waals surface area contributed by atoms with Crippen LogP contribution in [0.2, 0.25) is 0 Å². The average molecular weight is 289 g/mol. The van der Waals surface area contributed by atoms with Gasteiger partial charge in [-0.3, -0.25) is 4.79 Å². The van der Waals surface area contributed by atoms with Gasteiger partial charge in [0.15, 0.2) is 0 Å². The van der Waals surface area contributed by atoms with Crippen molar-refractivity contribution in [2.75, 3.05) is 39.0 Å². The Bertz CT molecular complexity index is 430. The molecule has 0 radical (unpaired) electrons. The molecule has 19 heavy (non-hydrogen) atoms. The highest BCUT2D eigenvalue weighted by Crippen LogP contribution is 2.18. The van der Waals surface area contributed by atoms with Gasteiger partial charge in [-0.25, -0.2) is 8.42 Å². The van der Waals surface area contributed by atoms with Crippen molar-refractivity contribution in [3.8, 4) is 0 Å². The van der Waals surface area contributed by atoms with E-state index in [1.54, 1.807) is 4.90 Å². The number of hydrogen-bond acceptors (Lipinski definition) is 4. The number of amides is 1. The SMILES string of the molecule is CC1CCCNC1C(=O)N1CCN(S(C)(=O)=O)CC1. The van der Waals surface area contributed by atoms with Crippen molar-refractivity contribution in [3.05, 3.63) is 0 Å². The van der Waals surface area contributed by atoms with Crippen LogP contribution in [0.25, 0.3) is 0 Å². The summed E-state index contributed by atoms with van der Waals surface area (Å²) in [6.07, 6.45) is 3.41. The summed E-state index contributed by atoms with van der Waals surface area (Å²) >= 11 is 0. The second-order valence-electron chi connectivity index (χ2n) is 5.54. The van der Waals surface area contributed by atoms with Gasteiger partial charge in [-0.05, 0) is 25.3 Å². The standard InChI is InChI=1S/C12H23N3O3S/c1-10-4-3-5-13-11(10)12(16)14-6-8-15(9-7-14)19(2,17)18/h10-11,13H,3-9H2,1-2H3. The van der Waals surface area contributed by atoms with E-state index in [1.807, 2.05) is 0 Å². The van der Waals surface area contributed by atoms with Crippen LogP contribution in [-0.2, 0) is 14.8 Å². The third kappa shape index (κ3) is 3.46. The van der Waals surface area contributed by atoms with Crippen molar-refractivity contribution in [1.29, 1.82) is 0 Å². The van der Waals surface area contributed by atoms with Crippen LogP contribution in [0.3, 0.4) is 0 Å². The molecule has 6 nitrogen and oxygen atoms in total. The maximum atomic E-state index is 12.4. The molecule has 0 aromatic rings. The molecule has 2 unspecified atom stereocenters. The fourth-order valence-electron chi connectivity index (χ4n) is 2.82. The summed E-state index contributed by atoms with van der Waals surface area (Å²) in [5, 5.41) is 3.28. The summed E-state index contributed by atoms with van der Waals surface area (Å²) in [7, 11) is -3.13. The van der Waals surface area contributed by atoms with Crippen molar-refractivity contribution in [2.24, 2.45) is 5.92 Å². The van der Waals surface area contributed by atoms with E-state index in [1.165, 1.54) is 10.6 Å². The molecule has 2 aliphatic rings. The highest BCUT2D eigenvalue weighted by Gasteiger charge is 2.33. The van der Waals surface area contributed by atoms with E-state index >= 15 is 0 Å². The Balaban J connectivity index is 1.92. The molecule has 2 heterocycles. The van der Waals surface area contributed by atoms with E-state index in [0.29, 0.717) is 32.1 Å². The largest absolute Gasteiger partial charge is 0.339 e. The highest BCUT2D eigenvalue weighted by molar-refractivity contribution is 7.88. The van der Waals surface area contributed by atoms with Gasteiger partial charge in [-0.2, -0.15) is 4.31 Å². The van der Waals surface area contributed by atoms with Gasteiger partial charge in [0.05, 0.1) is 12.3 Å². The van der Waals surface area contributed by atoms with E-state index in [9.17, 15) is 13.2 Å². The Morgan fingerprint density at radius 1 is 1.21 bits per heavy atom. The Morgan fingerprint density at radius 3 is 2.37 bits per heavy atom. The van der Waals surface area contributed by atoms with Crippen LogP contribution >= 0.6 is 0 Å². The minimum atomic E-state index is -3.13. The number of nitrogens with one attached hydrogen (secondary N) is 1. The summed E-state index contributed by atoms with van der Waals surface area (Å²) in [6, 6.07) is -0.0986. The lowest BCUT2D eigenvalue weighted by atomic mass is 9.91. The molecule has 2 fully saturated rings. The van der Waals surface area contributed by atoms with Crippen molar-refractivity contribution in [1.82, 2.24) is 14.5 Å². The van der Waals surface area contributed by atoms with Crippen LogP contribution in [0.1, 0.15) is 19.8 Å². The summed E-state index contributed by atoms with van der Waals surface area (Å²) in [4.78, 5) is 14.2. The van der Waals surface area contributed by atoms with Crippen molar-refractivity contribution in [2.45, 2.75) is 25.8 Å². The highest BCUT2D eigenvalue weighted by atomic mass is 32.2. The zero-order valence-electron chi connectivity index (χ0n) is 11.6. The maximum Gasteiger partial charge on any atom is 0.240 e. The predicted molar refractivity (Wildman–Crippen MR) is 73.2 cm³/mol. The molecular formula is C12H23N3O3S. The number of nitrogens with zero attached hydrogens (tertiary/aromatic N) is 2. The second kappa shape index (κ2) is 5.76. The molecule has 0 aliphatic carbocycles. The van der Waals surface area contributed by atoms with E-state index in [0.717, 1.165) is 19.4 Å². The first-order valence-electron chi connectivity index (χ1n) is 6.87. The molecular weight excluding hydrogens is 266 g/mol. The summed E-state index contributed by atoms with van der Waals surface area (Å²) in [5.74, 6) is 0.481. The van der Waals surface area contributed by atoms with Gasteiger partial charge in [0.2, 0.25) is 15.9 Å². The molecule has 2 rings (SSSR count). The van der Waals surface area contributed by atoms with Crippen LogP contribution in [0.15, 0.2) is 0 Å². The first-order chi connectivity index (χ1) is 8.89. The van der Waals surface area contributed by atoms with Gasteiger partial charge < -0.3 is 10.2 Å². The lowest BCUT2D eigenvalue weighted by molar-refractivity contribution is -0.136. The molecule has 0 aromatic heterocycles. The lowest BCUT2D eigenvalue weighted by Crippen LogP contribution is -2.57. The van der Waals surface area contributed by atoms with Crippen LogP contribution in [0, 0.1) is 5.92 Å². The van der Waals surface area contributed by atoms with E-state index in [-0.39, 0.29) is 11.9 Å². The smallest absolute Gasteiger partial charge is 0.240 e. The topological polar surface area (TPSA) is 69.7 Å². The Morgan fingerprint density at radius 2 is 1.84 bits per heavy atom. The van der Waals surface area contributed by atoms with Crippen LogP contribution in [0.5, 0.6) is 0 Å². The number of carbonyl (C=O) groups excluding carboxylic acids is 1. The molecule has 110 valence electrons. The first-order valence-corrected chi connectivity index (χ1v) is 8.71. The van der Waals surface area contributed by atoms with E-state index in [4.69, 9.17) is 0 Å². The molecule has 0 saturated carbocycles. The fraction of sp³-hybridized carbons (Fsp3) is 0.917. The summed E-state index contributed by atoms with van der Waals surface area (Å²) in [5.41, 5.74) is 0. The van der Waals surface area contributed by atoms with E-state index < -0.39 is 10.0 Å². The van der Waals surface area contributed by atoms with Crippen LogP contribution in [0.4, 0.5) is 0 Å².